The normalized spacial score (nSPS) is 9.76. The number of hydrogen-bond donors (Lipinski definition) is 2. The molecule has 1 amide bonds. The van der Waals surface area contributed by atoms with Gasteiger partial charge in [-0.1, -0.05) is 18.9 Å². The molecule has 0 fully saturated rings. The summed E-state index contributed by atoms with van der Waals surface area (Å²) in [5, 5.41) is 5.85. The molecule has 0 spiro atoms. The predicted octanol–water partition coefficient (Wildman–Crippen LogP) is 1.32. The number of terminal acetylenes is 1. The minimum absolute atomic E-state index is 0.0918. The Morgan fingerprint density at radius 2 is 2.19 bits per heavy atom. The van der Waals surface area contributed by atoms with Crippen LogP contribution in [-0.2, 0) is 11.3 Å². The van der Waals surface area contributed by atoms with E-state index in [1.807, 2.05) is 12.1 Å². The van der Waals surface area contributed by atoms with Crippen LogP contribution in [0.3, 0.4) is 0 Å². The van der Waals surface area contributed by atoms with Crippen molar-refractivity contribution in [2.24, 2.45) is 0 Å². The van der Waals surface area contributed by atoms with Gasteiger partial charge in [0.1, 0.15) is 0 Å². The Kier molecular flexibility index (Phi) is 7.77. The van der Waals surface area contributed by atoms with Crippen LogP contribution in [0.4, 0.5) is 0 Å². The first-order valence-corrected chi connectivity index (χ1v) is 6.91. The molecule has 0 atom stereocenters. The highest BCUT2D eigenvalue weighted by atomic mass is 16.5. The van der Waals surface area contributed by atoms with Crippen molar-refractivity contribution in [1.82, 2.24) is 10.6 Å². The molecular formula is C16H22N2O3. The van der Waals surface area contributed by atoms with Crippen molar-refractivity contribution >= 4 is 5.91 Å². The topological polar surface area (TPSA) is 59.6 Å². The molecule has 0 radical (unpaired) electrons. The van der Waals surface area contributed by atoms with Crippen LogP contribution in [-0.4, -0.2) is 32.7 Å². The van der Waals surface area contributed by atoms with Crippen LogP contribution in [0.5, 0.6) is 11.5 Å². The molecule has 0 saturated carbocycles. The molecule has 0 aliphatic heterocycles. The monoisotopic (exact) mass is 290 g/mol. The Labute approximate surface area is 126 Å². The van der Waals surface area contributed by atoms with Crippen molar-refractivity contribution in [2.45, 2.75) is 19.9 Å². The van der Waals surface area contributed by atoms with Gasteiger partial charge in [0.25, 0.3) is 5.91 Å². The van der Waals surface area contributed by atoms with E-state index in [-0.39, 0.29) is 19.1 Å². The lowest BCUT2D eigenvalue weighted by molar-refractivity contribution is -0.122. The summed E-state index contributed by atoms with van der Waals surface area (Å²) in [6.45, 7) is 3.96. The lowest BCUT2D eigenvalue weighted by atomic mass is 10.2. The zero-order valence-electron chi connectivity index (χ0n) is 12.6. The first-order valence-electron chi connectivity index (χ1n) is 6.91. The van der Waals surface area contributed by atoms with E-state index in [2.05, 4.69) is 23.5 Å². The number of hydrogen-bond acceptors (Lipinski definition) is 4. The van der Waals surface area contributed by atoms with Crippen LogP contribution in [0.1, 0.15) is 18.9 Å². The first-order chi connectivity index (χ1) is 10.2. The van der Waals surface area contributed by atoms with Crippen molar-refractivity contribution in [3.8, 4) is 23.8 Å². The summed E-state index contributed by atoms with van der Waals surface area (Å²) in [5.74, 6) is 3.21. The molecule has 0 unspecified atom stereocenters. The third-order valence-electron chi connectivity index (χ3n) is 2.73. The lowest BCUT2D eigenvalue weighted by Crippen LogP contribution is -2.29. The zero-order valence-corrected chi connectivity index (χ0v) is 12.6. The van der Waals surface area contributed by atoms with Crippen LogP contribution in [0, 0.1) is 12.3 Å². The van der Waals surface area contributed by atoms with Crippen molar-refractivity contribution in [3.05, 3.63) is 23.8 Å². The number of methoxy groups -OCH3 is 1. The van der Waals surface area contributed by atoms with Crippen LogP contribution in [0.25, 0.3) is 0 Å². The number of amides is 1. The summed E-state index contributed by atoms with van der Waals surface area (Å²) in [4.78, 5) is 11.4. The summed E-state index contributed by atoms with van der Waals surface area (Å²) in [6, 6.07) is 5.65. The van der Waals surface area contributed by atoms with Gasteiger partial charge in [-0.15, -0.1) is 6.42 Å². The molecule has 0 aromatic heterocycles. The van der Waals surface area contributed by atoms with Crippen molar-refractivity contribution in [2.75, 3.05) is 26.8 Å². The highest BCUT2D eigenvalue weighted by Crippen LogP contribution is 2.27. The number of nitrogens with one attached hydrogen (secondary N) is 2. The molecule has 0 aliphatic rings. The molecule has 0 heterocycles. The standard InChI is InChI=1S/C16H22N2O3/c1-4-8-17-11-13-6-7-14(15(10-13)20-3)21-12-16(19)18-9-5-2/h2,6-7,10,17H,4,8-9,11-12H2,1,3H3,(H,18,19). The minimum Gasteiger partial charge on any atom is -0.493 e. The highest BCUT2D eigenvalue weighted by molar-refractivity contribution is 5.77. The first kappa shape index (κ1) is 16.9. The van der Waals surface area contributed by atoms with Crippen molar-refractivity contribution in [1.29, 1.82) is 0 Å². The summed E-state index contributed by atoms with van der Waals surface area (Å²) in [5.41, 5.74) is 1.10. The average molecular weight is 290 g/mol. The van der Waals surface area contributed by atoms with Gasteiger partial charge in [0.15, 0.2) is 18.1 Å². The zero-order chi connectivity index (χ0) is 15.5. The van der Waals surface area contributed by atoms with Crippen LogP contribution < -0.4 is 20.1 Å². The highest BCUT2D eigenvalue weighted by Gasteiger charge is 2.08. The maximum atomic E-state index is 11.4. The molecule has 5 heteroatoms. The second kappa shape index (κ2) is 9.67. The summed E-state index contributed by atoms with van der Waals surface area (Å²) < 4.78 is 10.7. The molecule has 114 valence electrons. The summed E-state index contributed by atoms with van der Waals surface area (Å²) in [7, 11) is 1.57. The fraction of sp³-hybridized carbons (Fsp3) is 0.438. The van der Waals surface area contributed by atoms with Crippen LogP contribution >= 0.6 is 0 Å². The van der Waals surface area contributed by atoms with E-state index in [0.29, 0.717) is 11.5 Å². The van der Waals surface area contributed by atoms with Gasteiger partial charge in [0.05, 0.1) is 13.7 Å². The molecule has 21 heavy (non-hydrogen) atoms. The molecule has 0 saturated heterocycles. The lowest BCUT2D eigenvalue weighted by Gasteiger charge is -2.12. The molecule has 1 aromatic carbocycles. The second-order valence-electron chi connectivity index (χ2n) is 4.43. The fourth-order valence-corrected chi connectivity index (χ4v) is 1.69. The SMILES string of the molecule is C#CCNC(=O)COc1ccc(CNCCC)cc1OC. The fourth-order valence-electron chi connectivity index (χ4n) is 1.69. The van der Waals surface area contributed by atoms with Gasteiger partial charge in [0, 0.05) is 6.54 Å². The van der Waals surface area contributed by atoms with Gasteiger partial charge < -0.3 is 20.1 Å². The molecule has 0 bridgehead atoms. The van der Waals surface area contributed by atoms with E-state index in [1.54, 1.807) is 13.2 Å². The third kappa shape index (κ3) is 6.19. The molecular weight excluding hydrogens is 268 g/mol. The quantitative estimate of drug-likeness (QED) is 0.532. The molecule has 5 nitrogen and oxygen atoms in total. The number of rotatable bonds is 9. The van der Waals surface area contributed by atoms with Gasteiger partial charge >= 0.3 is 0 Å². The number of ether oxygens (including phenoxy) is 2. The predicted molar refractivity (Wildman–Crippen MR) is 82.3 cm³/mol. The molecule has 2 N–H and O–H groups in total. The molecule has 1 rings (SSSR count). The number of carbonyl (C=O) groups is 1. The van der Waals surface area contributed by atoms with E-state index in [0.717, 1.165) is 25.1 Å². The van der Waals surface area contributed by atoms with Gasteiger partial charge in [-0.3, -0.25) is 4.79 Å². The number of carbonyl (C=O) groups excluding carboxylic acids is 1. The Hall–Kier alpha value is -2.19. The largest absolute Gasteiger partial charge is 0.493 e. The van der Waals surface area contributed by atoms with E-state index in [4.69, 9.17) is 15.9 Å². The van der Waals surface area contributed by atoms with E-state index in [9.17, 15) is 4.79 Å². The second-order valence-corrected chi connectivity index (χ2v) is 4.43. The number of benzene rings is 1. The summed E-state index contributed by atoms with van der Waals surface area (Å²) in [6.07, 6.45) is 6.15. The van der Waals surface area contributed by atoms with Gasteiger partial charge in [0.2, 0.25) is 0 Å². The van der Waals surface area contributed by atoms with Crippen LogP contribution in [0.15, 0.2) is 18.2 Å². The third-order valence-corrected chi connectivity index (χ3v) is 2.73. The van der Waals surface area contributed by atoms with E-state index >= 15 is 0 Å². The maximum Gasteiger partial charge on any atom is 0.258 e. The molecule has 1 aromatic rings. The Balaban J connectivity index is 2.58. The smallest absolute Gasteiger partial charge is 0.258 e. The Bertz CT molecular complexity index is 495. The van der Waals surface area contributed by atoms with E-state index in [1.165, 1.54) is 0 Å². The molecule has 0 aliphatic carbocycles. The van der Waals surface area contributed by atoms with E-state index < -0.39 is 0 Å². The van der Waals surface area contributed by atoms with Gasteiger partial charge in [-0.05, 0) is 30.7 Å². The minimum atomic E-state index is -0.260. The van der Waals surface area contributed by atoms with Crippen molar-refractivity contribution < 1.29 is 14.3 Å². The average Bonchev–Trinajstić information content (AvgIpc) is 2.51. The van der Waals surface area contributed by atoms with Crippen LogP contribution in [0.2, 0.25) is 0 Å². The Morgan fingerprint density at radius 1 is 1.38 bits per heavy atom. The van der Waals surface area contributed by atoms with Crippen molar-refractivity contribution in [3.63, 3.8) is 0 Å². The summed E-state index contributed by atoms with van der Waals surface area (Å²) >= 11 is 0. The van der Waals surface area contributed by atoms with Gasteiger partial charge in [-0.25, -0.2) is 0 Å². The van der Waals surface area contributed by atoms with Gasteiger partial charge in [-0.2, -0.15) is 0 Å². The Morgan fingerprint density at radius 3 is 2.86 bits per heavy atom. The maximum absolute atomic E-state index is 11.4.